The van der Waals surface area contributed by atoms with E-state index in [2.05, 4.69) is 15.9 Å². The van der Waals surface area contributed by atoms with Gasteiger partial charge in [0.05, 0.1) is 11.4 Å². The fraction of sp³-hybridized carbons (Fsp3) is 0.133. The van der Waals surface area contributed by atoms with Crippen LogP contribution in [0.25, 0.3) is 0 Å². The lowest BCUT2D eigenvalue weighted by Crippen LogP contribution is -2.41. The van der Waals surface area contributed by atoms with Gasteiger partial charge >= 0.3 is 0 Å². The van der Waals surface area contributed by atoms with E-state index < -0.39 is 0 Å². The Morgan fingerprint density at radius 2 is 1.79 bits per heavy atom. The van der Waals surface area contributed by atoms with Crippen molar-refractivity contribution in [1.82, 2.24) is 0 Å². The zero-order valence-corrected chi connectivity index (χ0v) is 12.1. The van der Waals surface area contributed by atoms with Gasteiger partial charge in [0, 0.05) is 17.2 Å². The number of amides is 1. The standard InChI is InChI=1S/C15H13BrN2O/c1-17-14-9-11(16)7-8-13(14)18(10-15(17)19)12-5-3-2-4-6-12/h2-9H,10H2,1H3. The molecule has 0 N–H and O–H groups in total. The molecule has 0 saturated carbocycles. The molecule has 1 aliphatic rings. The Kier molecular flexibility index (Phi) is 3.03. The lowest BCUT2D eigenvalue weighted by Gasteiger charge is -2.35. The first kappa shape index (κ1) is 12.2. The van der Waals surface area contributed by atoms with Crippen molar-refractivity contribution >= 4 is 38.9 Å². The van der Waals surface area contributed by atoms with Gasteiger partial charge in [-0.1, -0.05) is 34.1 Å². The number of likely N-dealkylation sites (N-methyl/N-ethyl adjacent to an activating group) is 1. The second kappa shape index (κ2) is 4.70. The maximum Gasteiger partial charge on any atom is 0.246 e. The number of hydrogen-bond donors (Lipinski definition) is 0. The molecule has 96 valence electrons. The van der Waals surface area contributed by atoms with Crippen molar-refractivity contribution in [3.8, 4) is 0 Å². The number of carbonyl (C=O) groups is 1. The molecule has 0 saturated heterocycles. The number of halogens is 1. The van der Waals surface area contributed by atoms with Crippen LogP contribution >= 0.6 is 15.9 Å². The number of anilines is 3. The lowest BCUT2D eigenvalue weighted by molar-refractivity contribution is -0.117. The molecule has 2 aromatic carbocycles. The van der Waals surface area contributed by atoms with Gasteiger partial charge in [0.1, 0.15) is 6.54 Å². The summed E-state index contributed by atoms with van der Waals surface area (Å²) in [5.41, 5.74) is 3.01. The van der Waals surface area contributed by atoms with Crippen LogP contribution in [0.2, 0.25) is 0 Å². The summed E-state index contributed by atoms with van der Waals surface area (Å²) in [6.45, 7) is 0.370. The summed E-state index contributed by atoms with van der Waals surface area (Å²) in [6.07, 6.45) is 0. The lowest BCUT2D eigenvalue weighted by atomic mass is 10.1. The van der Waals surface area contributed by atoms with Crippen LogP contribution in [0.5, 0.6) is 0 Å². The summed E-state index contributed by atoms with van der Waals surface area (Å²) < 4.78 is 0.973. The number of hydrogen-bond acceptors (Lipinski definition) is 2. The average molecular weight is 317 g/mol. The van der Waals surface area contributed by atoms with E-state index in [0.29, 0.717) is 6.54 Å². The van der Waals surface area contributed by atoms with E-state index in [1.165, 1.54) is 0 Å². The molecule has 0 aromatic heterocycles. The predicted molar refractivity (Wildman–Crippen MR) is 81.0 cm³/mol. The monoisotopic (exact) mass is 316 g/mol. The van der Waals surface area contributed by atoms with E-state index >= 15 is 0 Å². The molecule has 3 rings (SSSR count). The van der Waals surface area contributed by atoms with E-state index in [9.17, 15) is 4.79 Å². The molecule has 1 aliphatic heterocycles. The molecule has 0 bridgehead atoms. The molecule has 4 heteroatoms. The second-order valence-electron chi connectivity index (χ2n) is 4.51. The molecular weight excluding hydrogens is 304 g/mol. The van der Waals surface area contributed by atoms with Gasteiger partial charge in [-0.05, 0) is 30.3 Å². The average Bonchev–Trinajstić information content (AvgIpc) is 2.44. The van der Waals surface area contributed by atoms with Gasteiger partial charge in [-0.2, -0.15) is 0 Å². The van der Waals surface area contributed by atoms with Crippen molar-refractivity contribution in [1.29, 1.82) is 0 Å². The van der Waals surface area contributed by atoms with E-state index in [1.54, 1.807) is 4.90 Å². The largest absolute Gasteiger partial charge is 0.330 e. The highest BCUT2D eigenvalue weighted by Crippen LogP contribution is 2.38. The van der Waals surface area contributed by atoms with Crippen LogP contribution in [0.15, 0.2) is 53.0 Å². The van der Waals surface area contributed by atoms with Crippen LogP contribution in [0.3, 0.4) is 0 Å². The molecule has 1 heterocycles. The molecule has 19 heavy (non-hydrogen) atoms. The first-order chi connectivity index (χ1) is 9.16. The zero-order valence-electron chi connectivity index (χ0n) is 10.5. The number of carbonyl (C=O) groups excluding carboxylic acids is 1. The summed E-state index contributed by atoms with van der Waals surface area (Å²) in [5.74, 6) is 0.0921. The second-order valence-corrected chi connectivity index (χ2v) is 5.42. The number of fused-ring (bicyclic) bond motifs is 1. The number of rotatable bonds is 1. The molecular formula is C15H13BrN2O. The SMILES string of the molecule is CN1C(=O)CN(c2ccccc2)c2ccc(Br)cc21. The Labute approximate surface area is 120 Å². The highest BCUT2D eigenvalue weighted by Gasteiger charge is 2.27. The Morgan fingerprint density at radius 3 is 2.53 bits per heavy atom. The van der Waals surface area contributed by atoms with Crippen LogP contribution in [0.1, 0.15) is 0 Å². The molecule has 3 nitrogen and oxygen atoms in total. The minimum Gasteiger partial charge on any atom is -0.330 e. The Bertz CT molecular complexity index is 627. The summed E-state index contributed by atoms with van der Waals surface area (Å²) in [5, 5.41) is 0. The molecule has 0 atom stereocenters. The van der Waals surface area contributed by atoms with Crippen molar-refractivity contribution in [2.45, 2.75) is 0 Å². The van der Waals surface area contributed by atoms with E-state index in [1.807, 2.05) is 60.5 Å². The van der Waals surface area contributed by atoms with Crippen molar-refractivity contribution in [3.05, 3.63) is 53.0 Å². The van der Waals surface area contributed by atoms with Crippen molar-refractivity contribution in [3.63, 3.8) is 0 Å². The van der Waals surface area contributed by atoms with Crippen molar-refractivity contribution in [2.75, 3.05) is 23.4 Å². The van der Waals surface area contributed by atoms with Gasteiger partial charge in [0.15, 0.2) is 0 Å². The predicted octanol–water partition coefficient (Wildman–Crippen LogP) is 3.56. The molecule has 1 amide bonds. The number of nitrogens with zero attached hydrogens (tertiary/aromatic N) is 2. The quantitative estimate of drug-likeness (QED) is 0.803. The van der Waals surface area contributed by atoms with Gasteiger partial charge in [-0.15, -0.1) is 0 Å². The zero-order chi connectivity index (χ0) is 13.4. The summed E-state index contributed by atoms with van der Waals surface area (Å²) >= 11 is 3.46. The molecule has 0 unspecified atom stereocenters. The van der Waals surface area contributed by atoms with Gasteiger partial charge in [0.2, 0.25) is 5.91 Å². The van der Waals surface area contributed by atoms with Crippen molar-refractivity contribution in [2.24, 2.45) is 0 Å². The molecule has 2 aromatic rings. The first-order valence-corrected chi connectivity index (χ1v) is 6.85. The third kappa shape index (κ3) is 2.12. The van der Waals surface area contributed by atoms with Crippen LogP contribution in [0, 0.1) is 0 Å². The van der Waals surface area contributed by atoms with Crippen molar-refractivity contribution < 1.29 is 4.79 Å². The Morgan fingerprint density at radius 1 is 1.05 bits per heavy atom. The maximum absolute atomic E-state index is 12.1. The third-order valence-corrected chi connectivity index (χ3v) is 3.82. The molecule has 0 spiro atoms. The normalized spacial score (nSPS) is 14.5. The van der Waals surface area contributed by atoms with E-state index in [4.69, 9.17) is 0 Å². The summed E-state index contributed by atoms with van der Waals surface area (Å²) in [7, 11) is 1.82. The molecule has 0 radical (unpaired) electrons. The van der Waals surface area contributed by atoms with Gasteiger partial charge in [0.25, 0.3) is 0 Å². The highest BCUT2D eigenvalue weighted by molar-refractivity contribution is 9.10. The molecule has 0 fully saturated rings. The van der Waals surface area contributed by atoms with Gasteiger partial charge < -0.3 is 9.80 Å². The molecule has 0 aliphatic carbocycles. The number of para-hydroxylation sites is 1. The van der Waals surface area contributed by atoms with Gasteiger partial charge in [-0.3, -0.25) is 4.79 Å². The van der Waals surface area contributed by atoms with Crippen LogP contribution in [-0.4, -0.2) is 19.5 Å². The van der Waals surface area contributed by atoms with Crippen LogP contribution in [-0.2, 0) is 4.79 Å². The smallest absolute Gasteiger partial charge is 0.246 e. The van der Waals surface area contributed by atoms with Gasteiger partial charge in [-0.25, -0.2) is 0 Å². The topological polar surface area (TPSA) is 23.6 Å². The first-order valence-electron chi connectivity index (χ1n) is 6.05. The van der Waals surface area contributed by atoms with Crippen LogP contribution < -0.4 is 9.80 Å². The highest BCUT2D eigenvalue weighted by atomic mass is 79.9. The number of benzene rings is 2. The Hall–Kier alpha value is -1.81. The summed E-state index contributed by atoms with van der Waals surface area (Å²) in [4.78, 5) is 15.9. The third-order valence-electron chi connectivity index (χ3n) is 3.32. The maximum atomic E-state index is 12.1. The van der Waals surface area contributed by atoms with Crippen LogP contribution in [0.4, 0.5) is 17.1 Å². The van der Waals surface area contributed by atoms with E-state index in [0.717, 1.165) is 21.5 Å². The van der Waals surface area contributed by atoms with E-state index in [-0.39, 0.29) is 5.91 Å². The fourth-order valence-electron chi connectivity index (χ4n) is 2.29. The minimum absolute atomic E-state index is 0.0921. The fourth-order valence-corrected chi connectivity index (χ4v) is 2.64. The Balaban J connectivity index is 2.14. The minimum atomic E-state index is 0.0921. The summed E-state index contributed by atoms with van der Waals surface area (Å²) in [6, 6.07) is 16.0.